The summed E-state index contributed by atoms with van der Waals surface area (Å²) in [7, 11) is 1.67. The Morgan fingerprint density at radius 1 is 1.20 bits per heavy atom. The zero-order valence-electron chi connectivity index (χ0n) is 20.2. The number of carbonyl (C=O) groups is 3. The highest BCUT2D eigenvalue weighted by Gasteiger charge is 2.36. The number of aromatic nitrogens is 5. The van der Waals surface area contributed by atoms with Crippen molar-refractivity contribution in [3.05, 3.63) is 40.4 Å². The Bertz CT molecular complexity index is 1270. The molecule has 184 valence electrons. The first-order valence-electron chi connectivity index (χ1n) is 11.2. The third-order valence-electron chi connectivity index (χ3n) is 5.35. The highest BCUT2D eigenvalue weighted by molar-refractivity contribution is 7.17. The fourth-order valence-electron chi connectivity index (χ4n) is 3.59. The lowest BCUT2D eigenvalue weighted by Gasteiger charge is -2.34. The van der Waals surface area contributed by atoms with Gasteiger partial charge in [-0.25, -0.2) is 9.78 Å². The molecule has 3 aromatic rings. The number of nitrogens with zero attached hydrogens (tertiary/aromatic N) is 5. The lowest BCUT2D eigenvalue weighted by molar-refractivity contribution is -0.122. The minimum Gasteiger partial charge on any atom is -0.456 e. The van der Waals surface area contributed by atoms with Crippen LogP contribution in [-0.2, 0) is 16.6 Å². The highest BCUT2D eigenvalue weighted by atomic mass is 32.1. The van der Waals surface area contributed by atoms with Gasteiger partial charge in [-0.1, -0.05) is 23.5 Å². The number of esters is 1. The van der Waals surface area contributed by atoms with Crippen LogP contribution in [0.1, 0.15) is 59.3 Å². The van der Waals surface area contributed by atoms with Gasteiger partial charge in [0.2, 0.25) is 11.7 Å². The molecule has 12 heteroatoms. The smallest absolute Gasteiger partial charge is 0.350 e. The zero-order chi connectivity index (χ0) is 25.3. The van der Waals surface area contributed by atoms with Gasteiger partial charge in [-0.3, -0.25) is 9.59 Å². The summed E-state index contributed by atoms with van der Waals surface area (Å²) in [5.41, 5.74) is 1.07. The van der Waals surface area contributed by atoms with Crippen LogP contribution in [0.2, 0.25) is 0 Å². The number of thiazole rings is 1. The molecule has 0 bridgehead atoms. The van der Waals surface area contributed by atoms with E-state index in [1.54, 1.807) is 52.9 Å². The minimum absolute atomic E-state index is 0.105. The molecule has 1 aliphatic rings. The van der Waals surface area contributed by atoms with Crippen molar-refractivity contribution in [3.8, 4) is 11.4 Å². The largest absolute Gasteiger partial charge is 0.456 e. The Hall–Kier alpha value is -3.67. The zero-order valence-corrected chi connectivity index (χ0v) is 21.0. The molecule has 2 amide bonds. The number of benzene rings is 1. The normalized spacial score (nSPS) is 17.4. The molecule has 2 aromatic heterocycles. The van der Waals surface area contributed by atoms with Gasteiger partial charge in [0.1, 0.15) is 10.5 Å². The van der Waals surface area contributed by atoms with E-state index in [-0.39, 0.29) is 23.8 Å². The fraction of sp³-hybridized carbons (Fsp3) is 0.435. The number of nitrogens with one attached hydrogen (secondary N) is 2. The summed E-state index contributed by atoms with van der Waals surface area (Å²) in [5, 5.41) is 18.0. The number of hydrogen-bond acceptors (Lipinski definition) is 9. The molecule has 35 heavy (non-hydrogen) atoms. The Balaban J connectivity index is 1.29. The molecule has 1 aliphatic carbocycles. The number of anilines is 1. The second-order valence-corrected chi connectivity index (χ2v) is 10.4. The molecule has 0 saturated heterocycles. The second-order valence-electron chi connectivity index (χ2n) is 9.45. The van der Waals surface area contributed by atoms with E-state index in [1.807, 2.05) is 6.07 Å². The van der Waals surface area contributed by atoms with Crippen molar-refractivity contribution in [3.63, 3.8) is 0 Å². The van der Waals surface area contributed by atoms with Crippen molar-refractivity contribution in [2.75, 3.05) is 5.32 Å². The van der Waals surface area contributed by atoms with Gasteiger partial charge < -0.3 is 15.4 Å². The van der Waals surface area contributed by atoms with Gasteiger partial charge in [0.25, 0.3) is 5.91 Å². The van der Waals surface area contributed by atoms with Gasteiger partial charge in [-0.2, -0.15) is 4.80 Å². The Morgan fingerprint density at radius 3 is 2.60 bits per heavy atom. The van der Waals surface area contributed by atoms with Gasteiger partial charge in [-0.15, -0.1) is 10.2 Å². The molecule has 0 aliphatic heterocycles. The SMILES string of the molecule is Cc1nc(NC(=O)C2CC(NC(=O)c3cccc(-c4nnn(C)n4)c3)C2)sc1C(=O)OC(C)(C)C. The van der Waals surface area contributed by atoms with E-state index in [0.717, 1.165) is 11.3 Å². The maximum absolute atomic E-state index is 12.7. The molecule has 2 heterocycles. The highest BCUT2D eigenvalue weighted by Crippen LogP contribution is 2.31. The summed E-state index contributed by atoms with van der Waals surface area (Å²) >= 11 is 1.09. The lowest BCUT2D eigenvalue weighted by atomic mass is 9.79. The summed E-state index contributed by atoms with van der Waals surface area (Å²) in [6.07, 6.45) is 1.04. The molecule has 4 rings (SSSR count). The summed E-state index contributed by atoms with van der Waals surface area (Å²) in [6.45, 7) is 7.08. The summed E-state index contributed by atoms with van der Waals surface area (Å²) in [5.74, 6) is -0.675. The molecular formula is C23H27N7O4S. The second kappa shape index (κ2) is 9.53. The van der Waals surface area contributed by atoms with E-state index in [2.05, 4.69) is 31.0 Å². The molecule has 0 radical (unpaired) electrons. The quantitative estimate of drug-likeness (QED) is 0.495. The van der Waals surface area contributed by atoms with E-state index in [4.69, 9.17) is 4.74 Å². The third kappa shape index (κ3) is 5.88. The van der Waals surface area contributed by atoms with Crippen molar-refractivity contribution in [1.29, 1.82) is 0 Å². The number of rotatable bonds is 6. The standard InChI is InChI=1S/C23H27N7O4S/c1-12-17(21(33)34-23(2,3)4)35-22(24-12)26-20(32)15-10-16(11-15)25-19(31)14-8-6-7-13(9-14)18-27-29-30(5)28-18/h6-9,15-16H,10-11H2,1-5H3,(H,25,31)(H,24,26,32). The van der Waals surface area contributed by atoms with E-state index in [9.17, 15) is 14.4 Å². The first-order valence-corrected chi connectivity index (χ1v) is 12.0. The Labute approximate surface area is 206 Å². The molecular weight excluding hydrogens is 470 g/mol. The van der Waals surface area contributed by atoms with Crippen LogP contribution in [0.3, 0.4) is 0 Å². The van der Waals surface area contributed by atoms with Crippen LogP contribution in [0.15, 0.2) is 24.3 Å². The van der Waals surface area contributed by atoms with Crippen LogP contribution in [0.5, 0.6) is 0 Å². The maximum atomic E-state index is 12.7. The number of aryl methyl sites for hydroxylation is 2. The fourth-order valence-corrected chi connectivity index (χ4v) is 4.43. The van der Waals surface area contributed by atoms with Crippen LogP contribution in [0.4, 0.5) is 5.13 Å². The predicted molar refractivity (Wildman–Crippen MR) is 129 cm³/mol. The molecule has 1 saturated carbocycles. The van der Waals surface area contributed by atoms with Crippen molar-refractivity contribution >= 4 is 34.3 Å². The number of carbonyl (C=O) groups excluding carboxylic acids is 3. The lowest BCUT2D eigenvalue weighted by Crippen LogP contribution is -2.48. The number of hydrogen-bond donors (Lipinski definition) is 2. The maximum Gasteiger partial charge on any atom is 0.350 e. The number of tetrazole rings is 1. The predicted octanol–water partition coefficient (Wildman–Crippen LogP) is 2.74. The van der Waals surface area contributed by atoms with Gasteiger partial charge in [0.15, 0.2) is 5.13 Å². The molecule has 1 fully saturated rings. The van der Waals surface area contributed by atoms with Crippen LogP contribution >= 0.6 is 11.3 Å². The van der Waals surface area contributed by atoms with E-state index in [0.29, 0.717) is 45.5 Å². The molecule has 0 spiro atoms. The molecule has 0 unspecified atom stereocenters. The van der Waals surface area contributed by atoms with Crippen molar-refractivity contribution in [1.82, 2.24) is 30.5 Å². The summed E-state index contributed by atoms with van der Waals surface area (Å²) < 4.78 is 5.39. The van der Waals surface area contributed by atoms with E-state index in [1.165, 1.54) is 4.80 Å². The first kappa shape index (κ1) is 24.5. The molecule has 0 atom stereocenters. The average molecular weight is 498 g/mol. The van der Waals surface area contributed by atoms with Crippen LogP contribution in [0.25, 0.3) is 11.4 Å². The van der Waals surface area contributed by atoms with Gasteiger partial charge >= 0.3 is 5.97 Å². The van der Waals surface area contributed by atoms with Gasteiger partial charge in [0, 0.05) is 23.1 Å². The van der Waals surface area contributed by atoms with Crippen molar-refractivity contribution in [2.45, 2.75) is 52.2 Å². The van der Waals surface area contributed by atoms with Crippen molar-refractivity contribution in [2.24, 2.45) is 13.0 Å². The van der Waals surface area contributed by atoms with Gasteiger partial charge in [0.05, 0.1) is 12.7 Å². The first-order chi connectivity index (χ1) is 16.5. The van der Waals surface area contributed by atoms with Crippen LogP contribution in [0, 0.1) is 12.8 Å². The summed E-state index contributed by atoms with van der Waals surface area (Å²) in [4.78, 5) is 43.6. The molecule has 1 aromatic carbocycles. The number of ether oxygens (including phenoxy) is 1. The van der Waals surface area contributed by atoms with Gasteiger partial charge in [-0.05, 0) is 57.9 Å². The van der Waals surface area contributed by atoms with Crippen LogP contribution < -0.4 is 10.6 Å². The Morgan fingerprint density at radius 2 is 1.94 bits per heavy atom. The monoisotopic (exact) mass is 497 g/mol. The topological polar surface area (TPSA) is 141 Å². The Kier molecular flexibility index (Phi) is 6.66. The average Bonchev–Trinajstić information content (AvgIpc) is 3.34. The number of amides is 2. The van der Waals surface area contributed by atoms with Crippen molar-refractivity contribution < 1.29 is 19.1 Å². The molecule has 2 N–H and O–H groups in total. The van der Waals surface area contributed by atoms with E-state index < -0.39 is 11.6 Å². The van der Waals surface area contributed by atoms with E-state index >= 15 is 0 Å². The molecule has 11 nitrogen and oxygen atoms in total. The third-order valence-corrected chi connectivity index (χ3v) is 6.40. The van der Waals surface area contributed by atoms with Crippen LogP contribution in [-0.4, -0.2) is 54.6 Å². The minimum atomic E-state index is -0.615. The summed E-state index contributed by atoms with van der Waals surface area (Å²) in [6, 6.07) is 6.89.